The molecule has 0 unspecified atom stereocenters. The SMILES string of the molecule is O=C(c1cccs1)N1CCC(CCOc2ccccc2)CC1. The topological polar surface area (TPSA) is 29.5 Å². The molecule has 3 rings (SSSR count). The van der Waals surface area contributed by atoms with Crippen LogP contribution in [0.1, 0.15) is 28.9 Å². The second kappa shape index (κ2) is 7.45. The van der Waals surface area contributed by atoms with E-state index in [2.05, 4.69) is 0 Å². The minimum atomic E-state index is 0.189. The van der Waals surface area contributed by atoms with Crippen LogP contribution in [0.25, 0.3) is 0 Å². The average molecular weight is 315 g/mol. The number of carbonyl (C=O) groups is 1. The highest BCUT2D eigenvalue weighted by atomic mass is 32.1. The van der Waals surface area contributed by atoms with Gasteiger partial charge in [-0.25, -0.2) is 0 Å². The number of para-hydroxylation sites is 1. The van der Waals surface area contributed by atoms with Crippen molar-refractivity contribution in [1.29, 1.82) is 0 Å². The van der Waals surface area contributed by atoms with E-state index in [1.54, 1.807) is 0 Å². The Kier molecular flexibility index (Phi) is 5.11. The molecule has 116 valence electrons. The summed E-state index contributed by atoms with van der Waals surface area (Å²) in [6, 6.07) is 13.8. The van der Waals surface area contributed by atoms with E-state index >= 15 is 0 Å². The number of likely N-dealkylation sites (tertiary alicyclic amines) is 1. The lowest BCUT2D eigenvalue weighted by molar-refractivity contribution is 0.0685. The molecule has 0 spiro atoms. The van der Waals surface area contributed by atoms with Gasteiger partial charge in [-0.05, 0) is 48.8 Å². The van der Waals surface area contributed by atoms with Gasteiger partial charge in [0.25, 0.3) is 5.91 Å². The summed E-state index contributed by atoms with van der Waals surface area (Å²) in [7, 11) is 0. The van der Waals surface area contributed by atoms with Crippen LogP contribution in [0, 0.1) is 5.92 Å². The van der Waals surface area contributed by atoms with Crippen molar-refractivity contribution < 1.29 is 9.53 Å². The van der Waals surface area contributed by atoms with Crippen LogP contribution < -0.4 is 4.74 Å². The number of nitrogens with zero attached hydrogens (tertiary/aromatic N) is 1. The summed E-state index contributed by atoms with van der Waals surface area (Å²) >= 11 is 1.53. The number of piperidine rings is 1. The highest BCUT2D eigenvalue weighted by Crippen LogP contribution is 2.23. The van der Waals surface area contributed by atoms with Crippen LogP contribution in [-0.2, 0) is 0 Å². The number of benzene rings is 1. The molecule has 22 heavy (non-hydrogen) atoms. The Hall–Kier alpha value is -1.81. The Morgan fingerprint density at radius 3 is 2.59 bits per heavy atom. The molecule has 1 amide bonds. The van der Waals surface area contributed by atoms with E-state index in [0.717, 1.165) is 49.6 Å². The van der Waals surface area contributed by atoms with Crippen molar-refractivity contribution in [2.45, 2.75) is 19.3 Å². The van der Waals surface area contributed by atoms with E-state index < -0.39 is 0 Å². The van der Waals surface area contributed by atoms with Crippen molar-refractivity contribution in [3.05, 3.63) is 52.7 Å². The lowest BCUT2D eigenvalue weighted by Gasteiger charge is -2.31. The van der Waals surface area contributed by atoms with E-state index in [1.807, 2.05) is 52.7 Å². The number of rotatable bonds is 5. The maximum Gasteiger partial charge on any atom is 0.263 e. The maximum absolute atomic E-state index is 12.3. The van der Waals surface area contributed by atoms with Gasteiger partial charge in [-0.1, -0.05) is 24.3 Å². The van der Waals surface area contributed by atoms with Gasteiger partial charge in [0.2, 0.25) is 0 Å². The molecule has 4 heteroatoms. The first-order chi connectivity index (χ1) is 10.8. The molecule has 1 aliphatic rings. The Morgan fingerprint density at radius 1 is 1.14 bits per heavy atom. The molecule has 2 heterocycles. The van der Waals surface area contributed by atoms with E-state index in [4.69, 9.17) is 4.74 Å². The van der Waals surface area contributed by atoms with Gasteiger partial charge in [0, 0.05) is 13.1 Å². The maximum atomic E-state index is 12.3. The van der Waals surface area contributed by atoms with E-state index in [0.29, 0.717) is 5.92 Å². The third kappa shape index (κ3) is 3.89. The van der Waals surface area contributed by atoms with Gasteiger partial charge in [0.1, 0.15) is 5.75 Å². The first-order valence-corrected chi connectivity index (χ1v) is 8.71. The van der Waals surface area contributed by atoms with Crippen molar-refractivity contribution in [1.82, 2.24) is 4.90 Å². The number of hydrogen-bond donors (Lipinski definition) is 0. The summed E-state index contributed by atoms with van der Waals surface area (Å²) in [4.78, 5) is 15.1. The number of ether oxygens (including phenoxy) is 1. The molecule has 3 nitrogen and oxygen atoms in total. The molecule has 1 aromatic carbocycles. The lowest BCUT2D eigenvalue weighted by atomic mass is 9.94. The fourth-order valence-electron chi connectivity index (χ4n) is 2.84. The summed E-state index contributed by atoms with van der Waals surface area (Å²) in [5, 5.41) is 1.96. The zero-order valence-electron chi connectivity index (χ0n) is 12.6. The molecule has 0 radical (unpaired) electrons. The minimum Gasteiger partial charge on any atom is -0.494 e. The molecular weight excluding hydrogens is 294 g/mol. The van der Waals surface area contributed by atoms with E-state index in [1.165, 1.54) is 11.3 Å². The number of thiophene rings is 1. The van der Waals surface area contributed by atoms with E-state index in [-0.39, 0.29) is 5.91 Å². The van der Waals surface area contributed by atoms with Crippen molar-refractivity contribution in [3.8, 4) is 5.75 Å². The molecule has 0 N–H and O–H groups in total. The summed E-state index contributed by atoms with van der Waals surface area (Å²) < 4.78 is 5.76. The summed E-state index contributed by atoms with van der Waals surface area (Å²) in [6.07, 6.45) is 3.22. The molecule has 1 aliphatic heterocycles. The zero-order valence-corrected chi connectivity index (χ0v) is 13.4. The minimum absolute atomic E-state index is 0.189. The van der Waals surface area contributed by atoms with Crippen LogP contribution in [0.15, 0.2) is 47.8 Å². The molecule has 0 saturated carbocycles. The number of amides is 1. The predicted molar refractivity (Wildman–Crippen MR) is 89.5 cm³/mol. The predicted octanol–water partition coefficient (Wildman–Crippen LogP) is 4.07. The molecule has 0 atom stereocenters. The van der Waals surface area contributed by atoms with Gasteiger partial charge >= 0.3 is 0 Å². The third-order valence-electron chi connectivity index (χ3n) is 4.17. The molecule has 1 saturated heterocycles. The zero-order chi connectivity index (χ0) is 15.2. The normalized spacial score (nSPS) is 15.7. The Balaban J connectivity index is 1.39. The molecule has 2 aromatic rings. The first kappa shape index (κ1) is 15.1. The van der Waals surface area contributed by atoms with Crippen molar-refractivity contribution in [3.63, 3.8) is 0 Å². The molecule has 0 aliphatic carbocycles. The summed E-state index contributed by atoms with van der Waals surface area (Å²) in [5.41, 5.74) is 0. The molecule has 1 fully saturated rings. The van der Waals surface area contributed by atoms with Crippen LogP contribution in [0.4, 0.5) is 0 Å². The fourth-order valence-corrected chi connectivity index (χ4v) is 3.53. The Bertz CT molecular complexity index is 574. The van der Waals surface area contributed by atoms with Crippen molar-refractivity contribution in [2.75, 3.05) is 19.7 Å². The smallest absolute Gasteiger partial charge is 0.263 e. The highest BCUT2D eigenvalue weighted by Gasteiger charge is 2.23. The number of hydrogen-bond acceptors (Lipinski definition) is 3. The molecule has 0 bridgehead atoms. The first-order valence-electron chi connectivity index (χ1n) is 7.83. The van der Waals surface area contributed by atoms with Crippen LogP contribution >= 0.6 is 11.3 Å². The quantitative estimate of drug-likeness (QED) is 0.832. The lowest BCUT2D eigenvalue weighted by Crippen LogP contribution is -2.38. The van der Waals surface area contributed by atoms with Gasteiger partial charge in [-0.3, -0.25) is 4.79 Å². The number of carbonyl (C=O) groups excluding carboxylic acids is 1. The standard InChI is InChI=1S/C18H21NO2S/c20-18(17-7-4-14-22-17)19-11-8-15(9-12-19)10-13-21-16-5-2-1-3-6-16/h1-7,14-15H,8-13H2. The second-order valence-corrected chi connectivity index (χ2v) is 6.61. The van der Waals surface area contributed by atoms with E-state index in [9.17, 15) is 4.79 Å². The Morgan fingerprint density at radius 2 is 1.91 bits per heavy atom. The monoisotopic (exact) mass is 315 g/mol. The molecule has 1 aromatic heterocycles. The van der Waals surface area contributed by atoms with Crippen LogP contribution in [0.2, 0.25) is 0 Å². The third-order valence-corrected chi connectivity index (χ3v) is 5.03. The van der Waals surface area contributed by atoms with Crippen molar-refractivity contribution >= 4 is 17.2 Å². The fraction of sp³-hybridized carbons (Fsp3) is 0.389. The van der Waals surface area contributed by atoms with Gasteiger partial charge in [-0.2, -0.15) is 0 Å². The van der Waals surface area contributed by atoms with Crippen molar-refractivity contribution in [2.24, 2.45) is 5.92 Å². The highest BCUT2D eigenvalue weighted by molar-refractivity contribution is 7.12. The second-order valence-electron chi connectivity index (χ2n) is 5.66. The largest absolute Gasteiger partial charge is 0.494 e. The van der Waals surface area contributed by atoms with Crippen LogP contribution in [0.3, 0.4) is 0 Å². The Labute approximate surface area is 135 Å². The summed E-state index contributed by atoms with van der Waals surface area (Å²) in [6.45, 7) is 2.49. The average Bonchev–Trinajstić information content (AvgIpc) is 3.10. The van der Waals surface area contributed by atoms with Gasteiger partial charge < -0.3 is 9.64 Å². The van der Waals surface area contributed by atoms with Gasteiger partial charge in [0.05, 0.1) is 11.5 Å². The molecular formula is C18H21NO2S. The van der Waals surface area contributed by atoms with Gasteiger partial charge in [0.15, 0.2) is 0 Å². The van der Waals surface area contributed by atoms with Crippen LogP contribution in [-0.4, -0.2) is 30.5 Å². The van der Waals surface area contributed by atoms with Gasteiger partial charge in [-0.15, -0.1) is 11.3 Å². The summed E-state index contributed by atoms with van der Waals surface area (Å²) in [5.74, 6) is 1.79. The van der Waals surface area contributed by atoms with Crippen LogP contribution in [0.5, 0.6) is 5.75 Å².